The molecule has 2 heterocycles. The van der Waals surface area contributed by atoms with E-state index in [9.17, 15) is 0 Å². The summed E-state index contributed by atoms with van der Waals surface area (Å²) in [5.41, 5.74) is 14.8. The lowest BCUT2D eigenvalue weighted by molar-refractivity contribution is 0.673. The summed E-state index contributed by atoms with van der Waals surface area (Å²) >= 11 is 0. The van der Waals surface area contributed by atoms with Crippen LogP contribution in [-0.4, -0.2) is 10.4 Å². The van der Waals surface area contributed by atoms with Gasteiger partial charge in [-0.2, -0.15) is 0 Å². The van der Waals surface area contributed by atoms with Crippen LogP contribution in [-0.2, 0) is 6.54 Å². The summed E-state index contributed by atoms with van der Waals surface area (Å²) in [5.74, 6) is 0.767. The summed E-state index contributed by atoms with van der Waals surface area (Å²) in [5, 5.41) is 8.02. The van der Waals surface area contributed by atoms with Gasteiger partial charge in [0, 0.05) is 27.4 Å². The van der Waals surface area contributed by atoms with Gasteiger partial charge in [-0.25, -0.2) is 0 Å². The van der Waals surface area contributed by atoms with Gasteiger partial charge in [-0.05, 0) is 47.5 Å². The van der Waals surface area contributed by atoms with Gasteiger partial charge in [-0.15, -0.1) is 0 Å². The minimum atomic E-state index is -0.369. The maximum atomic E-state index is 6.52. The molecule has 212 valence electrons. The summed E-state index contributed by atoms with van der Waals surface area (Å²) in [6.45, 7) is 0.520. The first-order chi connectivity index (χ1) is 21.7. The summed E-state index contributed by atoms with van der Waals surface area (Å²) < 4.78 is 8.77. The first kappa shape index (κ1) is 26.0. The number of aromatic nitrogens is 1. The Morgan fingerprint density at radius 3 is 2.14 bits per heavy atom. The second kappa shape index (κ2) is 10.9. The van der Waals surface area contributed by atoms with Gasteiger partial charge in [0.15, 0.2) is 0 Å². The zero-order chi connectivity index (χ0) is 29.5. The van der Waals surface area contributed by atoms with Crippen molar-refractivity contribution in [3.63, 3.8) is 0 Å². The first-order valence-corrected chi connectivity index (χ1v) is 14.8. The van der Waals surface area contributed by atoms with E-state index in [0.717, 1.165) is 66.6 Å². The molecule has 0 aliphatic heterocycles. The monoisotopic (exact) mass is 570 g/mol. The molecule has 1 unspecified atom stereocenters. The van der Waals surface area contributed by atoms with E-state index in [-0.39, 0.29) is 6.17 Å². The number of rotatable bonds is 6. The molecule has 8 rings (SSSR count). The Hall–Kier alpha value is -5.65. The van der Waals surface area contributed by atoms with E-state index < -0.39 is 0 Å². The first-order valence-electron chi connectivity index (χ1n) is 14.8. The highest BCUT2D eigenvalue weighted by Crippen LogP contribution is 2.40. The number of benzene rings is 6. The SMILES string of the molecule is NC(NC(=NCc1ccc(-n2c3ccccc3c3c4oc5ccccc5c4ccc32)cc1)c1ccccc1)c1ccccc1. The molecular weight excluding hydrogens is 540 g/mol. The Bertz CT molecular complexity index is 2280. The molecular formula is C39H30N4O. The number of fused-ring (bicyclic) bond motifs is 7. The molecule has 0 saturated carbocycles. The molecule has 0 aliphatic rings. The zero-order valence-electron chi connectivity index (χ0n) is 24.0. The molecule has 0 aliphatic carbocycles. The molecule has 3 N–H and O–H groups in total. The van der Waals surface area contributed by atoms with Crippen LogP contribution in [0.2, 0.25) is 0 Å². The standard InChI is InChI=1S/C39H30N4O/c40-38(27-11-3-1-4-12-27)42-39(28-13-5-2-6-14-28)41-25-26-19-21-29(22-20-26)43-33-17-9-7-16-32(33)36-34(43)24-23-31-30-15-8-10-18-35(30)44-37(31)36/h1-24,38H,25,40H2,(H,41,42). The number of hydrogen-bond donors (Lipinski definition) is 2. The summed E-state index contributed by atoms with van der Waals surface area (Å²) in [6, 6.07) is 50.0. The number of furan rings is 1. The van der Waals surface area contributed by atoms with Gasteiger partial charge < -0.3 is 20.0 Å². The third-order valence-electron chi connectivity index (χ3n) is 8.29. The molecule has 44 heavy (non-hydrogen) atoms. The Labute approximate surface area is 254 Å². The maximum absolute atomic E-state index is 6.52. The second-order valence-corrected chi connectivity index (χ2v) is 11.0. The van der Waals surface area contributed by atoms with Gasteiger partial charge in [0.2, 0.25) is 0 Å². The average Bonchev–Trinajstić information content (AvgIpc) is 3.63. The van der Waals surface area contributed by atoms with E-state index in [4.69, 9.17) is 15.1 Å². The number of hydrogen-bond acceptors (Lipinski definition) is 3. The predicted octanol–water partition coefficient (Wildman–Crippen LogP) is 8.88. The molecule has 0 bridgehead atoms. The van der Waals surface area contributed by atoms with Crippen molar-refractivity contribution in [1.29, 1.82) is 0 Å². The number of para-hydroxylation sites is 2. The van der Waals surface area contributed by atoms with Gasteiger partial charge in [0.25, 0.3) is 0 Å². The molecule has 1 atom stereocenters. The Kier molecular flexibility index (Phi) is 6.43. The predicted molar refractivity (Wildman–Crippen MR) is 181 cm³/mol. The molecule has 5 heteroatoms. The molecule has 0 fully saturated rings. The van der Waals surface area contributed by atoms with E-state index in [1.54, 1.807) is 0 Å². The normalized spacial score (nSPS) is 12.8. The fourth-order valence-corrected chi connectivity index (χ4v) is 6.14. The summed E-state index contributed by atoms with van der Waals surface area (Å²) in [4.78, 5) is 4.98. The quantitative estimate of drug-likeness (QED) is 0.119. The van der Waals surface area contributed by atoms with Crippen LogP contribution in [0.5, 0.6) is 0 Å². The smallest absolute Gasteiger partial charge is 0.145 e. The fraction of sp³-hybridized carbons (Fsp3) is 0.0513. The van der Waals surface area contributed by atoms with E-state index in [1.807, 2.05) is 72.8 Å². The number of aliphatic imine (C=N–C) groups is 1. The van der Waals surface area contributed by atoms with Crippen molar-refractivity contribution in [3.8, 4) is 5.69 Å². The molecule has 5 nitrogen and oxygen atoms in total. The molecule has 0 spiro atoms. The van der Waals surface area contributed by atoms with Crippen LogP contribution in [0.1, 0.15) is 22.9 Å². The number of nitrogens with one attached hydrogen (secondary N) is 1. The van der Waals surface area contributed by atoms with Gasteiger partial charge in [-0.3, -0.25) is 4.99 Å². The number of nitrogens with zero attached hydrogens (tertiary/aromatic N) is 2. The van der Waals surface area contributed by atoms with Crippen molar-refractivity contribution in [2.24, 2.45) is 10.7 Å². The molecule has 6 aromatic carbocycles. The highest BCUT2D eigenvalue weighted by atomic mass is 16.3. The lowest BCUT2D eigenvalue weighted by Crippen LogP contribution is -2.34. The van der Waals surface area contributed by atoms with Crippen molar-refractivity contribution in [2.75, 3.05) is 0 Å². The summed E-state index contributed by atoms with van der Waals surface area (Å²) in [6.07, 6.45) is -0.369. The molecule has 8 aromatic rings. The van der Waals surface area contributed by atoms with Crippen LogP contribution in [0.4, 0.5) is 0 Å². The van der Waals surface area contributed by atoms with Crippen LogP contribution < -0.4 is 11.1 Å². The third-order valence-corrected chi connectivity index (χ3v) is 8.29. The zero-order valence-corrected chi connectivity index (χ0v) is 24.0. The van der Waals surface area contributed by atoms with Crippen molar-refractivity contribution in [3.05, 3.63) is 162 Å². The van der Waals surface area contributed by atoms with Gasteiger partial charge in [0.05, 0.1) is 23.0 Å². The van der Waals surface area contributed by atoms with Gasteiger partial charge >= 0.3 is 0 Å². The van der Waals surface area contributed by atoms with E-state index in [2.05, 4.69) is 82.7 Å². The van der Waals surface area contributed by atoms with Gasteiger partial charge in [-0.1, -0.05) is 109 Å². The minimum Gasteiger partial charge on any atom is -0.455 e. The van der Waals surface area contributed by atoms with E-state index in [0.29, 0.717) is 6.54 Å². The highest BCUT2D eigenvalue weighted by Gasteiger charge is 2.18. The van der Waals surface area contributed by atoms with Crippen molar-refractivity contribution >= 4 is 49.6 Å². The van der Waals surface area contributed by atoms with Crippen molar-refractivity contribution < 1.29 is 4.42 Å². The number of amidine groups is 1. The van der Waals surface area contributed by atoms with Crippen LogP contribution in [0.3, 0.4) is 0 Å². The van der Waals surface area contributed by atoms with Crippen LogP contribution >= 0.6 is 0 Å². The number of nitrogens with two attached hydrogens (primary N) is 1. The molecule has 0 radical (unpaired) electrons. The topological polar surface area (TPSA) is 68.5 Å². The van der Waals surface area contributed by atoms with Crippen molar-refractivity contribution in [2.45, 2.75) is 12.7 Å². The minimum absolute atomic E-state index is 0.369. The van der Waals surface area contributed by atoms with E-state index >= 15 is 0 Å². The Morgan fingerprint density at radius 1 is 0.659 bits per heavy atom. The van der Waals surface area contributed by atoms with Crippen LogP contribution in [0, 0.1) is 0 Å². The Morgan fingerprint density at radius 2 is 1.34 bits per heavy atom. The molecule has 2 aromatic heterocycles. The van der Waals surface area contributed by atoms with Crippen LogP contribution in [0.15, 0.2) is 155 Å². The second-order valence-electron chi connectivity index (χ2n) is 11.0. The highest BCUT2D eigenvalue weighted by molar-refractivity contribution is 6.23. The van der Waals surface area contributed by atoms with Crippen LogP contribution in [0.25, 0.3) is 49.4 Å². The third kappa shape index (κ3) is 4.51. The largest absolute Gasteiger partial charge is 0.455 e. The molecule has 0 saturated heterocycles. The molecule has 0 amide bonds. The maximum Gasteiger partial charge on any atom is 0.145 e. The van der Waals surface area contributed by atoms with Crippen molar-refractivity contribution in [1.82, 2.24) is 9.88 Å². The summed E-state index contributed by atoms with van der Waals surface area (Å²) in [7, 11) is 0. The average molecular weight is 571 g/mol. The van der Waals surface area contributed by atoms with E-state index in [1.165, 1.54) is 5.39 Å². The lowest BCUT2D eigenvalue weighted by atomic mass is 10.1. The Balaban J connectivity index is 1.16. The fourth-order valence-electron chi connectivity index (χ4n) is 6.14. The lowest BCUT2D eigenvalue weighted by Gasteiger charge is -2.18. The van der Waals surface area contributed by atoms with Gasteiger partial charge in [0.1, 0.15) is 23.2 Å².